The molecule has 9 nitrogen and oxygen atoms in total. The molecule has 1 saturated carbocycles. The number of nitrogens with zero attached hydrogens (tertiary/aromatic N) is 5. The molecule has 0 saturated heterocycles. The maximum atomic E-state index is 12.7. The number of anilines is 2. The molecule has 4 aromatic rings. The summed E-state index contributed by atoms with van der Waals surface area (Å²) in [5, 5.41) is 13.2. The smallest absolute Gasteiger partial charge is 0.229 e. The average molecular weight is 444 g/mol. The van der Waals surface area contributed by atoms with Crippen LogP contribution in [0.2, 0.25) is 5.28 Å². The van der Waals surface area contributed by atoms with Gasteiger partial charge < -0.3 is 20.7 Å². The van der Waals surface area contributed by atoms with Gasteiger partial charge >= 0.3 is 0 Å². The van der Waals surface area contributed by atoms with E-state index in [1.807, 2.05) is 4.57 Å². The minimum Gasteiger partial charge on any atom is -0.508 e. The predicted octanol–water partition coefficient (Wildman–Crippen LogP) is 3.75. The number of nitrogen functional groups attached to an aromatic ring is 1. The van der Waals surface area contributed by atoms with E-state index >= 15 is 0 Å². The summed E-state index contributed by atoms with van der Waals surface area (Å²) < 4.78 is 2.81. The Morgan fingerprint density at radius 2 is 2.03 bits per heavy atom. The fourth-order valence-corrected chi connectivity index (χ4v) is 5.04. The van der Waals surface area contributed by atoms with Crippen molar-refractivity contribution in [2.75, 3.05) is 11.1 Å². The van der Waals surface area contributed by atoms with E-state index in [9.17, 15) is 9.90 Å². The van der Waals surface area contributed by atoms with E-state index in [-0.39, 0.29) is 34.7 Å². The van der Waals surface area contributed by atoms with E-state index in [2.05, 4.69) is 25.3 Å². The van der Waals surface area contributed by atoms with Crippen molar-refractivity contribution < 1.29 is 9.90 Å². The lowest BCUT2D eigenvalue weighted by Crippen LogP contribution is -2.28. The van der Waals surface area contributed by atoms with Crippen molar-refractivity contribution in [3.63, 3.8) is 0 Å². The van der Waals surface area contributed by atoms with Crippen molar-refractivity contribution >= 4 is 61.2 Å². The Labute approximate surface area is 179 Å². The van der Waals surface area contributed by atoms with Crippen LogP contribution in [0.3, 0.4) is 0 Å². The zero-order valence-electron chi connectivity index (χ0n) is 15.7. The largest absolute Gasteiger partial charge is 0.508 e. The summed E-state index contributed by atoms with van der Waals surface area (Å²) in [5.41, 5.74) is 7.81. The fourth-order valence-electron chi connectivity index (χ4n) is 3.97. The first-order valence-electron chi connectivity index (χ1n) is 9.54. The van der Waals surface area contributed by atoms with Gasteiger partial charge in [-0.05, 0) is 55.5 Å². The summed E-state index contributed by atoms with van der Waals surface area (Å²) in [6, 6.07) is 5.14. The molecular formula is C19H18ClN7O2S. The molecule has 3 heterocycles. The lowest BCUT2D eigenvalue weighted by atomic mass is 9.85. The molecule has 5 rings (SSSR count). The molecule has 3 aromatic heterocycles. The zero-order valence-corrected chi connectivity index (χ0v) is 17.3. The standard InChI is InChI=1S/C19H18ClN7O2S/c20-18-24-15(21)14-16(25-18)27(8-22-14)10-3-1-9(2-4-10)17(29)26-19-23-12-6-5-11(28)7-13(12)30-19/h5-10,28H,1-4H2,(H2,21,24,25)(H,23,26,29). The Balaban J connectivity index is 1.27. The third-order valence-corrected chi connectivity index (χ3v) is 6.59. The molecule has 1 aliphatic rings. The Bertz CT molecular complexity index is 1260. The molecular weight excluding hydrogens is 426 g/mol. The second-order valence-corrected chi connectivity index (χ2v) is 8.74. The van der Waals surface area contributed by atoms with E-state index in [1.54, 1.807) is 24.5 Å². The topological polar surface area (TPSA) is 132 Å². The minimum absolute atomic E-state index is 0.0261. The van der Waals surface area contributed by atoms with Gasteiger partial charge in [-0.1, -0.05) is 11.3 Å². The minimum atomic E-state index is -0.0836. The monoisotopic (exact) mass is 443 g/mol. The van der Waals surface area contributed by atoms with Crippen LogP contribution in [0.1, 0.15) is 31.7 Å². The highest BCUT2D eigenvalue weighted by Crippen LogP contribution is 2.36. The highest BCUT2D eigenvalue weighted by Gasteiger charge is 2.29. The molecule has 0 atom stereocenters. The van der Waals surface area contributed by atoms with E-state index < -0.39 is 0 Å². The summed E-state index contributed by atoms with van der Waals surface area (Å²) in [4.78, 5) is 29.7. The first kappa shape index (κ1) is 19.0. The Morgan fingerprint density at radius 1 is 1.23 bits per heavy atom. The molecule has 1 fully saturated rings. The van der Waals surface area contributed by atoms with E-state index in [1.165, 1.54) is 11.3 Å². The van der Waals surface area contributed by atoms with Crippen LogP contribution in [0.5, 0.6) is 5.75 Å². The van der Waals surface area contributed by atoms with E-state index in [0.29, 0.717) is 16.3 Å². The van der Waals surface area contributed by atoms with Gasteiger partial charge in [-0.2, -0.15) is 9.97 Å². The second kappa shape index (κ2) is 7.37. The number of carbonyl (C=O) groups excluding carboxylic acids is 1. The lowest BCUT2D eigenvalue weighted by molar-refractivity contribution is -0.120. The summed E-state index contributed by atoms with van der Waals surface area (Å²) in [5.74, 6) is 0.338. The van der Waals surface area contributed by atoms with Gasteiger partial charge in [0.25, 0.3) is 0 Å². The summed E-state index contributed by atoms with van der Waals surface area (Å²) >= 11 is 7.31. The molecule has 1 aromatic carbocycles. The molecule has 0 radical (unpaired) electrons. The number of carbonyl (C=O) groups is 1. The van der Waals surface area contributed by atoms with E-state index in [4.69, 9.17) is 17.3 Å². The molecule has 154 valence electrons. The highest BCUT2D eigenvalue weighted by atomic mass is 35.5. The van der Waals surface area contributed by atoms with Gasteiger partial charge in [0.15, 0.2) is 16.6 Å². The number of halogens is 1. The van der Waals surface area contributed by atoms with Gasteiger partial charge in [0, 0.05) is 12.0 Å². The van der Waals surface area contributed by atoms with Gasteiger partial charge in [0.1, 0.15) is 11.3 Å². The van der Waals surface area contributed by atoms with Crippen LogP contribution in [0, 0.1) is 5.92 Å². The van der Waals surface area contributed by atoms with Crippen molar-refractivity contribution in [3.05, 3.63) is 29.8 Å². The SMILES string of the molecule is Nc1nc(Cl)nc2c1ncn2C1CCC(C(=O)Nc2nc3ccc(O)cc3s2)CC1. The number of amides is 1. The number of nitrogens with two attached hydrogens (primary N) is 1. The van der Waals surface area contributed by atoms with Crippen LogP contribution in [-0.2, 0) is 4.79 Å². The average Bonchev–Trinajstić information content (AvgIpc) is 3.31. The first-order chi connectivity index (χ1) is 14.5. The third-order valence-electron chi connectivity index (χ3n) is 5.48. The van der Waals surface area contributed by atoms with Crippen LogP contribution in [0.25, 0.3) is 21.4 Å². The highest BCUT2D eigenvalue weighted by molar-refractivity contribution is 7.22. The van der Waals surface area contributed by atoms with Crippen molar-refractivity contribution in [3.8, 4) is 5.75 Å². The number of fused-ring (bicyclic) bond motifs is 2. The Kier molecular flexibility index (Phi) is 4.67. The number of phenols is 1. The number of hydrogen-bond acceptors (Lipinski definition) is 8. The molecule has 0 spiro atoms. The van der Waals surface area contributed by atoms with Crippen molar-refractivity contribution in [2.24, 2.45) is 5.92 Å². The van der Waals surface area contributed by atoms with Gasteiger partial charge in [-0.3, -0.25) is 4.79 Å². The predicted molar refractivity (Wildman–Crippen MR) is 116 cm³/mol. The molecule has 11 heteroatoms. The number of aromatic hydroxyl groups is 1. The number of phenolic OH excluding ortho intramolecular Hbond substituents is 1. The first-order valence-corrected chi connectivity index (χ1v) is 10.7. The van der Waals surface area contributed by atoms with Crippen LogP contribution < -0.4 is 11.1 Å². The third kappa shape index (κ3) is 3.41. The molecule has 0 bridgehead atoms. The molecule has 30 heavy (non-hydrogen) atoms. The van der Waals surface area contributed by atoms with Crippen LogP contribution >= 0.6 is 22.9 Å². The number of hydrogen-bond donors (Lipinski definition) is 3. The van der Waals surface area contributed by atoms with Crippen LogP contribution in [0.15, 0.2) is 24.5 Å². The molecule has 1 amide bonds. The van der Waals surface area contributed by atoms with Crippen molar-refractivity contribution in [1.29, 1.82) is 0 Å². The van der Waals surface area contributed by atoms with Gasteiger partial charge in [-0.25, -0.2) is 9.97 Å². The normalized spacial score (nSPS) is 19.4. The van der Waals surface area contributed by atoms with E-state index in [0.717, 1.165) is 35.9 Å². The summed E-state index contributed by atoms with van der Waals surface area (Å²) in [7, 11) is 0. The van der Waals surface area contributed by atoms with Gasteiger partial charge in [0.05, 0.1) is 16.5 Å². The maximum absolute atomic E-state index is 12.7. The van der Waals surface area contributed by atoms with Crippen LogP contribution in [-0.4, -0.2) is 35.5 Å². The molecule has 4 N–H and O–H groups in total. The molecule has 0 unspecified atom stereocenters. The molecule has 0 aliphatic heterocycles. The zero-order chi connectivity index (χ0) is 20.8. The number of thiazole rings is 1. The number of aromatic nitrogens is 5. The number of benzene rings is 1. The Hall–Kier alpha value is -2.98. The summed E-state index contributed by atoms with van der Waals surface area (Å²) in [6.07, 6.45) is 4.84. The number of rotatable bonds is 3. The van der Waals surface area contributed by atoms with Gasteiger partial charge in [-0.15, -0.1) is 0 Å². The van der Waals surface area contributed by atoms with Crippen LogP contribution in [0.4, 0.5) is 10.9 Å². The van der Waals surface area contributed by atoms with Crippen molar-refractivity contribution in [1.82, 2.24) is 24.5 Å². The quantitative estimate of drug-likeness (QED) is 0.411. The van der Waals surface area contributed by atoms with Crippen molar-refractivity contribution in [2.45, 2.75) is 31.7 Å². The maximum Gasteiger partial charge on any atom is 0.229 e. The fraction of sp³-hybridized carbons (Fsp3) is 0.316. The number of nitrogens with one attached hydrogen (secondary N) is 1. The second-order valence-electron chi connectivity index (χ2n) is 7.37. The Morgan fingerprint density at radius 3 is 2.83 bits per heavy atom. The lowest BCUT2D eigenvalue weighted by Gasteiger charge is -2.28. The summed E-state index contributed by atoms with van der Waals surface area (Å²) in [6.45, 7) is 0. The van der Waals surface area contributed by atoms with Gasteiger partial charge in [0.2, 0.25) is 11.2 Å². The molecule has 1 aliphatic carbocycles. The number of imidazole rings is 1.